The number of fused-ring (bicyclic) bond motifs is 3. The van der Waals surface area contributed by atoms with Gasteiger partial charge in [-0.1, -0.05) is 18.2 Å². The van der Waals surface area contributed by atoms with Gasteiger partial charge in [-0.15, -0.1) is 6.58 Å². The van der Waals surface area contributed by atoms with E-state index in [1.165, 1.54) is 12.3 Å². The van der Waals surface area contributed by atoms with Crippen molar-refractivity contribution in [1.29, 1.82) is 0 Å². The Hall–Kier alpha value is -2.19. The maximum atomic E-state index is 13.0. The van der Waals surface area contributed by atoms with Crippen LogP contribution >= 0.6 is 0 Å². The fourth-order valence-electron chi connectivity index (χ4n) is 4.24. The predicted molar refractivity (Wildman–Crippen MR) is 110 cm³/mol. The van der Waals surface area contributed by atoms with Crippen molar-refractivity contribution in [2.75, 3.05) is 34.2 Å². The molecule has 3 aliphatic carbocycles. The van der Waals surface area contributed by atoms with Crippen LogP contribution in [0.2, 0.25) is 0 Å². The Morgan fingerprint density at radius 3 is 2.63 bits per heavy atom. The van der Waals surface area contributed by atoms with Gasteiger partial charge in [0.1, 0.15) is 17.5 Å². The number of hydrogen-bond donors (Lipinski definition) is 1. The maximum Gasteiger partial charge on any atom is 0.188 e. The topological polar surface area (TPSA) is 83.5 Å². The van der Waals surface area contributed by atoms with Crippen molar-refractivity contribution in [3.8, 4) is 5.75 Å². The van der Waals surface area contributed by atoms with Gasteiger partial charge < -0.3 is 28.8 Å². The summed E-state index contributed by atoms with van der Waals surface area (Å²) in [6, 6.07) is 7.50. The van der Waals surface area contributed by atoms with E-state index in [0.717, 1.165) is 11.3 Å². The fourth-order valence-corrected chi connectivity index (χ4v) is 4.24. The summed E-state index contributed by atoms with van der Waals surface area (Å²) in [4.78, 5) is 13.0. The van der Waals surface area contributed by atoms with Crippen LogP contribution < -0.4 is 4.74 Å². The molecular weight excluding hydrogens is 388 g/mol. The Morgan fingerprint density at radius 1 is 1.20 bits per heavy atom. The van der Waals surface area contributed by atoms with Crippen molar-refractivity contribution in [2.24, 2.45) is 11.8 Å². The van der Waals surface area contributed by atoms with Crippen molar-refractivity contribution < 1.29 is 33.6 Å². The summed E-state index contributed by atoms with van der Waals surface area (Å²) in [7, 11) is 3.20. The monoisotopic (exact) mass is 418 g/mol. The third-order valence-electron chi connectivity index (χ3n) is 5.85. The molecule has 0 aromatic heterocycles. The SMILES string of the molecule is C=C[C@@]1(O)[C@H](OCc2ccc(OC)cc2)[C@@H]2CC[C@H]1/C(=C\OCOCCOC)C2=O. The van der Waals surface area contributed by atoms with Crippen LogP contribution in [0.25, 0.3) is 0 Å². The van der Waals surface area contributed by atoms with Crippen molar-refractivity contribution in [1.82, 2.24) is 0 Å². The van der Waals surface area contributed by atoms with Crippen LogP contribution in [0.5, 0.6) is 5.75 Å². The summed E-state index contributed by atoms with van der Waals surface area (Å²) in [5.41, 5.74) is 0.0618. The van der Waals surface area contributed by atoms with Crippen molar-refractivity contribution in [2.45, 2.75) is 31.2 Å². The first-order valence-electron chi connectivity index (χ1n) is 10.1. The molecule has 30 heavy (non-hydrogen) atoms. The highest BCUT2D eigenvalue weighted by Gasteiger charge is 2.59. The smallest absolute Gasteiger partial charge is 0.188 e. The average molecular weight is 418 g/mol. The minimum Gasteiger partial charge on any atom is -0.497 e. The number of methoxy groups -OCH3 is 2. The second-order valence-corrected chi connectivity index (χ2v) is 7.53. The molecule has 1 aromatic rings. The van der Waals surface area contributed by atoms with Crippen LogP contribution in [0.3, 0.4) is 0 Å². The van der Waals surface area contributed by atoms with E-state index in [4.69, 9.17) is 23.7 Å². The van der Waals surface area contributed by atoms with Gasteiger partial charge in [-0.3, -0.25) is 4.79 Å². The van der Waals surface area contributed by atoms with Gasteiger partial charge in [-0.25, -0.2) is 0 Å². The molecule has 0 amide bonds. The fraction of sp³-hybridized carbons (Fsp3) is 0.522. The third-order valence-corrected chi connectivity index (χ3v) is 5.85. The minimum atomic E-state index is -1.34. The molecule has 7 nitrogen and oxygen atoms in total. The maximum absolute atomic E-state index is 13.0. The first-order valence-corrected chi connectivity index (χ1v) is 10.1. The van der Waals surface area contributed by atoms with Crippen LogP contribution in [0.4, 0.5) is 0 Å². The highest BCUT2D eigenvalue weighted by atomic mass is 16.7. The second kappa shape index (κ2) is 10.2. The van der Waals surface area contributed by atoms with Gasteiger partial charge in [0.15, 0.2) is 12.6 Å². The zero-order valence-corrected chi connectivity index (χ0v) is 17.5. The molecule has 4 atom stereocenters. The van der Waals surface area contributed by atoms with Crippen LogP contribution in [-0.4, -0.2) is 56.8 Å². The summed E-state index contributed by atoms with van der Waals surface area (Å²) in [6.45, 7) is 4.99. The van der Waals surface area contributed by atoms with E-state index in [1.54, 1.807) is 14.2 Å². The average Bonchev–Trinajstić information content (AvgIpc) is 2.77. The zero-order valence-electron chi connectivity index (χ0n) is 17.5. The molecule has 3 fully saturated rings. The Balaban J connectivity index is 1.68. The van der Waals surface area contributed by atoms with Gasteiger partial charge in [0.2, 0.25) is 0 Å². The van der Waals surface area contributed by atoms with E-state index in [1.807, 2.05) is 24.3 Å². The van der Waals surface area contributed by atoms with E-state index in [0.29, 0.717) is 31.6 Å². The predicted octanol–water partition coefficient (Wildman–Crippen LogP) is 2.63. The molecule has 3 saturated carbocycles. The number of Topliss-reactive ketones (excluding diaryl/α,β-unsaturated/α-hetero) is 1. The molecule has 0 radical (unpaired) electrons. The number of ketones is 1. The summed E-state index contributed by atoms with van der Waals surface area (Å²) < 4.78 is 26.8. The quantitative estimate of drug-likeness (QED) is 0.194. The number of benzene rings is 1. The number of ether oxygens (including phenoxy) is 5. The Kier molecular flexibility index (Phi) is 7.66. The van der Waals surface area contributed by atoms with Crippen molar-refractivity contribution in [3.63, 3.8) is 0 Å². The molecular formula is C23H30O7. The lowest BCUT2D eigenvalue weighted by molar-refractivity contribution is -0.178. The number of rotatable bonds is 11. The number of carbonyl (C=O) groups is 1. The largest absolute Gasteiger partial charge is 0.497 e. The summed E-state index contributed by atoms with van der Waals surface area (Å²) in [5.74, 6) is -0.156. The van der Waals surface area contributed by atoms with Gasteiger partial charge in [0.25, 0.3) is 0 Å². The first-order chi connectivity index (χ1) is 14.5. The second-order valence-electron chi connectivity index (χ2n) is 7.53. The third kappa shape index (κ3) is 4.59. The lowest BCUT2D eigenvalue weighted by Gasteiger charge is -2.52. The Morgan fingerprint density at radius 2 is 1.97 bits per heavy atom. The van der Waals surface area contributed by atoms with E-state index in [9.17, 15) is 9.90 Å². The molecule has 2 bridgehead atoms. The molecule has 1 aromatic carbocycles. The molecule has 3 aliphatic rings. The van der Waals surface area contributed by atoms with Gasteiger partial charge in [0, 0.05) is 18.6 Å². The molecule has 0 saturated heterocycles. The van der Waals surface area contributed by atoms with E-state index >= 15 is 0 Å². The minimum absolute atomic E-state index is 0.0153. The number of carbonyl (C=O) groups excluding carboxylic acids is 1. The van der Waals surface area contributed by atoms with Gasteiger partial charge in [0.05, 0.1) is 39.1 Å². The van der Waals surface area contributed by atoms with E-state index < -0.39 is 23.5 Å². The lowest BCUT2D eigenvalue weighted by Crippen LogP contribution is -2.62. The van der Waals surface area contributed by atoms with Crippen LogP contribution in [0, 0.1) is 11.8 Å². The molecule has 0 unspecified atom stereocenters. The highest BCUT2D eigenvalue weighted by Crippen LogP contribution is 2.50. The Labute approximate surface area is 177 Å². The summed E-state index contributed by atoms with van der Waals surface area (Å²) in [6.07, 6.45) is 3.59. The van der Waals surface area contributed by atoms with E-state index in [-0.39, 0.29) is 19.2 Å². The van der Waals surface area contributed by atoms with Crippen molar-refractivity contribution in [3.05, 3.63) is 54.3 Å². The molecule has 0 heterocycles. The van der Waals surface area contributed by atoms with Gasteiger partial charge in [-0.05, 0) is 30.5 Å². The normalized spacial score (nSPS) is 29.2. The van der Waals surface area contributed by atoms with Gasteiger partial charge in [-0.2, -0.15) is 0 Å². The van der Waals surface area contributed by atoms with Crippen LogP contribution in [0.15, 0.2) is 48.8 Å². The molecule has 164 valence electrons. The zero-order chi connectivity index (χ0) is 21.6. The lowest BCUT2D eigenvalue weighted by atomic mass is 9.57. The van der Waals surface area contributed by atoms with Crippen molar-refractivity contribution >= 4 is 5.78 Å². The van der Waals surface area contributed by atoms with Crippen LogP contribution in [0.1, 0.15) is 18.4 Å². The number of aliphatic hydroxyl groups is 1. The molecule has 0 aliphatic heterocycles. The highest BCUT2D eigenvalue weighted by molar-refractivity contribution is 6.00. The summed E-state index contributed by atoms with van der Waals surface area (Å²) in [5, 5.41) is 11.4. The van der Waals surface area contributed by atoms with E-state index in [2.05, 4.69) is 6.58 Å². The molecule has 0 spiro atoms. The van der Waals surface area contributed by atoms with Gasteiger partial charge >= 0.3 is 0 Å². The molecule has 1 N–H and O–H groups in total. The molecule has 7 heteroatoms. The standard InChI is InChI=1S/C23H30O7/c1-4-23(25)20-10-9-18(21(24)19(20)14-29-15-28-12-11-26-2)22(23)30-13-16-5-7-17(27-3)8-6-16/h4-8,14,18,20,22,25H,1,9-13,15H2,2-3H3/b19-14+/t18-,20+,22-,23+/m1/s1. The molecule has 4 rings (SSSR count). The summed E-state index contributed by atoms with van der Waals surface area (Å²) >= 11 is 0. The Bertz CT molecular complexity index is 757. The van der Waals surface area contributed by atoms with Crippen LogP contribution in [-0.2, 0) is 30.3 Å². The number of hydrogen-bond acceptors (Lipinski definition) is 7. The first kappa shape index (κ1) is 22.5.